The summed E-state index contributed by atoms with van der Waals surface area (Å²) in [6.45, 7) is 0. The van der Waals surface area contributed by atoms with Gasteiger partial charge < -0.3 is 14.7 Å². The van der Waals surface area contributed by atoms with E-state index in [1.54, 1.807) is 0 Å². The van der Waals surface area contributed by atoms with Gasteiger partial charge in [0.25, 0.3) is 0 Å². The molecule has 0 fully saturated rings. The molecule has 1 aromatic rings. The number of rotatable bonds is 3. The molecule has 1 aromatic carbocycles. The Balaban J connectivity index is 2.39. The number of ether oxygens (including phenoxy) is 1. The van der Waals surface area contributed by atoms with Crippen LogP contribution in [0.2, 0.25) is 5.02 Å². The first-order valence-electron chi connectivity index (χ1n) is 5.52. The van der Waals surface area contributed by atoms with Gasteiger partial charge in [0.1, 0.15) is 0 Å². The van der Waals surface area contributed by atoms with E-state index >= 15 is 0 Å². The highest BCUT2D eigenvalue weighted by Crippen LogP contribution is 2.32. The van der Waals surface area contributed by atoms with Crippen LogP contribution in [0.1, 0.15) is 13.0 Å². The van der Waals surface area contributed by atoms with Crippen molar-refractivity contribution < 1.29 is 23.5 Å². The first kappa shape index (κ1) is 12.3. The Morgan fingerprint density at radius 3 is 2.53 bits per heavy atom. The van der Waals surface area contributed by atoms with Crippen molar-refractivity contribution in [3.8, 4) is 0 Å². The summed E-state index contributed by atoms with van der Waals surface area (Å²) in [5.41, 5.74) is 5.58. The average molecular weight is 305 g/mol. The number of carbonyl (C=O) groups excluding carboxylic acids is 1. The van der Waals surface area contributed by atoms with Crippen LogP contribution < -0.4 is 5.73 Å². The van der Waals surface area contributed by atoms with Crippen molar-refractivity contribution in [3.63, 3.8) is 0 Å². The molecule has 0 radical (unpaired) electrons. The summed E-state index contributed by atoms with van der Waals surface area (Å²) in [6.07, 6.45) is -1.43. The number of Topliss-reactive ketones (excluding diaryl/α,β-unsaturated/α-hetero) is 1. The Morgan fingerprint density at radius 1 is 1.42 bits per heavy atom. The van der Waals surface area contributed by atoms with E-state index < -0.39 is 33.6 Å². The van der Waals surface area contributed by atoms with Gasteiger partial charge in [0.15, 0.2) is 6.08 Å². The Morgan fingerprint density at radius 2 is 2.00 bits per heavy atom. The van der Waals surface area contributed by atoms with E-state index in [9.17, 15) is 13.2 Å². The predicted molar refractivity (Wildman–Crippen MR) is 67.4 cm³/mol. The van der Waals surface area contributed by atoms with E-state index in [-0.39, 0.29) is 5.56 Å². The summed E-state index contributed by atoms with van der Waals surface area (Å²) in [7, 11) is -3.96. The zero-order chi connectivity index (χ0) is 15.1. The van der Waals surface area contributed by atoms with E-state index in [0.717, 1.165) is 6.26 Å². The molecule has 0 aliphatic carbocycles. The first-order valence-corrected chi connectivity index (χ1v) is 7.22. The van der Waals surface area contributed by atoms with Crippen LogP contribution in [0.5, 0.6) is 0 Å². The van der Waals surface area contributed by atoms with E-state index in [2.05, 4.69) is 4.18 Å². The van der Waals surface area contributed by atoms with E-state index in [1.807, 2.05) is 0 Å². The highest BCUT2D eigenvalue weighted by molar-refractivity contribution is 7.86. The lowest BCUT2D eigenvalue weighted by atomic mass is 10.1. The fourth-order valence-corrected chi connectivity index (χ4v) is 2.03. The Labute approximate surface area is 116 Å². The molecule has 102 valence electrons. The van der Waals surface area contributed by atoms with Gasteiger partial charge in [0, 0.05) is 10.6 Å². The van der Waals surface area contributed by atoms with Gasteiger partial charge in [-0.25, -0.2) is 0 Å². The summed E-state index contributed by atoms with van der Waals surface area (Å²) in [6, 6.07) is 5.75. The SMILES string of the molecule is [2H][C@]1(c2ccc(Cl)cc2)OC(N)=C(OS(C)(=O)=O)C1=O. The highest BCUT2D eigenvalue weighted by atomic mass is 35.5. The number of hydrogen-bond donors (Lipinski definition) is 1. The molecule has 0 amide bonds. The minimum atomic E-state index is -3.96. The summed E-state index contributed by atoms with van der Waals surface area (Å²) in [4.78, 5) is 12.1. The molecular weight excluding hydrogens is 294 g/mol. The van der Waals surface area contributed by atoms with Gasteiger partial charge in [0.2, 0.25) is 17.4 Å². The van der Waals surface area contributed by atoms with Gasteiger partial charge in [-0.1, -0.05) is 23.7 Å². The van der Waals surface area contributed by atoms with Crippen LogP contribution in [-0.2, 0) is 23.8 Å². The second kappa shape index (κ2) is 4.75. The minimum absolute atomic E-state index is 0.155. The maximum absolute atomic E-state index is 12.1. The number of halogens is 1. The lowest BCUT2D eigenvalue weighted by Gasteiger charge is -2.09. The van der Waals surface area contributed by atoms with Crippen molar-refractivity contribution >= 4 is 27.5 Å². The van der Waals surface area contributed by atoms with E-state index in [0.29, 0.717) is 5.02 Å². The van der Waals surface area contributed by atoms with Crippen LogP contribution in [0, 0.1) is 0 Å². The Kier molecular flexibility index (Phi) is 3.08. The van der Waals surface area contributed by atoms with Gasteiger partial charge >= 0.3 is 10.1 Å². The molecule has 19 heavy (non-hydrogen) atoms. The molecule has 0 saturated heterocycles. The topological polar surface area (TPSA) is 95.7 Å². The molecular formula is C11H10ClNO5S. The van der Waals surface area contributed by atoms with E-state index in [1.165, 1.54) is 24.3 Å². The molecule has 1 heterocycles. The second-order valence-electron chi connectivity index (χ2n) is 3.75. The fourth-order valence-electron chi connectivity index (χ4n) is 1.44. The molecule has 0 bridgehead atoms. The monoisotopic (exact) mass is 304 g/mol. The van der Waals surface area contributed by atoms with Gasteiger partial charge in [-0.15, -0.1) is 0 Å². The van der Waals surface area contributed by atoms with Gasteiger partial charge in [-0.05, 0) is 12.1 Å². The predicted octanol–water partition coefficient (Wildman–Crippen LogP) is 1.08. The fraction of sp³-hybridized carbons (Fsp3) is 0.182. The van der Waals surface area contributed by atoms with Crippen LogP contribution in [0.25, 0.3) is 0 Å². The van der Waals surface area contributed by atoms with E-state index in [4.69, 9.17) is 23.4 Å². The number of hydrogen-bond acceptors (Lipinski definition) is 6. The molecule has 0 saturated carbocycles. The maximum atomic E-state index is 12.1. The zero-order valence-electron chi connectivity index (χ0n) is 10.7. The molecule has 1 aliphatic heterocycles. The molecule has 2 rings (SSSR count). The van der Waals surface area contributed by atoms with Gasteiger partial charge in [-0.3, -0.25) is 4.79 Å². The first-order chi connectivity index (χ1) is 9.13. The Hall–Kier alpha value is -1.73. The molecule has 2 N–H and O–H groups in total. The smallest absolute Gasteiger partial charge is 0.306 e. The molecule has 8 heteroatoms. The van der Waals surface area contributed by atoms with Crippen molar-refractivity contribution in [1.29, 1.82) is 0 Å². The van der Waals surface area contributed by atoms with Crippen molar-refractivity contribution in [3.05, 3.63) is 46.5 Å². The second-order valence-corrected chi connectivity index (χ2v) is 5.76. The van der Waals surface area contributed by atoms with Crippen LogP contribution in [0.3, 0.4) is 0 Å². The third-order valence-electron chi connectivity index (χ3n) is 2.19. The van der Waals surface area contributed by atoms with Crippen LogP contribution in [0.4, 0.5) is 0 Å². The summed E-state index contributed by atoms with van der Waals surface area (Å²) >= 11 is 5.72. The zero-order valence-corrected chi connectivity index (χ0v) is 11.3. The van der Waals surface area contributed by atoms with Crippen LogP contribution in [-0.4, -0.2) is 20.5 Å². The van der Waals surface area contributed by atoms with Crippen molar-refractivity contribution in [1.82, 2.24) is 0 Å². The van der Waals surface area contributed by atoms with Crippen molar-refractivity contribution in [2.45, 2.75) is 6.08 Å². The van der Waals surface area contributed by atoms with Gasteiger partial charge in [0.05, 0.1) is 7.63 Å². The molecule has 0 spiro atoms. The maximum Gasteiger partial charge on any atom is 0.306 e. The summed E-state index contributed by atoms with van der Waals surface area (Å²) in [5, 5.41) is 0.413. The largest absolute Gasteiger partial charge is 0.460 e. The number of benzene rings is 1. The molecule has 6 nitrogen and oxygen atoms in total. The molecule has 0 aromatic heterocycles. The van der Waals surface area contributed by atoms with Gasteiger partial charge in [-0.2, -0.15) is 8.42 Å². The minimum Gasteiger partial charge on any atom is -0.460 e. The quantitative estimate of drug-likeness (QED) is 0.840. The average Bonchev–Trinajstić information content (AvgIpc) is 2.53. The summed E-state index contributed by atoms with van der Waals surface area (Å²) < 4.78 is 39.7. The molecule has 1 aliphatic rings. The molecule has 1 atom stereocenters. The normalized spacial score (nSPS) is 24.1. The lowest BCUT2D eigenvalue weighted by molar-refractivity contribution is -0.123. The third-order valence-corrected chi connectivity index (χ3v) is 2.91. The summed E-state index contributed by atoms with van der Waals surface area (Å²) in [5.74, 6) is -2.24. The Bertz CT molecular complexity index is 700. The number of nitrogens with two attached hydrogens (primary N) is 1. The lowest BCUT2D eigenvalue weighted by Crippen LogP contribution is -2.14. The van der Waals surface area contributed by atoms with Crippen molar-refractivity contribution in [2.24, 2.45) is 5.73 Å². The van der Waals surface area contributed by atoms with Crippen molar-refractivity contribution in [2.75, 3.05) is 6.26 Å². The van der Waals surface area contributed by atoms with Crippen LogP contribution in [0.15, 0.2) is 35.9 Å². The standard InChI is InChI=1S/C11H10ClNO5S/c1-19(15,16)18-10-8(14)9(17-11(10)13)6-2-4-7(12)5-3-6/h2-5,9H,13H2,1H3/t9-/m1/s1/i9D. The number of ketones is 1. The molecule has 0 unspecified atom stereocenters. The highest BCUT2D eigenvalue weighted by Gasteiger charge is 2.38. The third kappa shape index (κ3) is 2.99. The van der Waals surface area contributed by atoms with Crippen LogP contribution >= 0.6 is 11.6 Å². The number of carbonyl (C=O) groups is 1.